The van der Waals surface area contributed by atoms with Gasteiger partial charge >= 0.3 is 6.03 Å². The lowest BCUT2D eigenvalue weighted by molar-refractivity contribution is -0.131. The number of carbonyl (C=O) groups excluding carboxylic acids is 2. The molecular weight excluding hydrogens is 513 g/mol. The number of nitrogens with one attached hydrogen (secondary N) is 1. The molecule has 3 amide bonds. The normalized spacial score (nSPS) is 17.2. The van der Waals surface area contributed by atoms with Gasteiger partial charge in [-0.1, -0.05) is 11.6 Å². The third-order valence-electron chi connectivity index (χ3n) is 5.76. The third kappa shape index (κ3) is 4.77. The van der Waals surface area contributed by atoms with Gasteiger partial charge in [-0.05, 0) is 30.2 Å². The summed E-state index contributed by atoms with van der Waals surface area (Å²) in [6.45, 7) is -0.266. The second-order valence-electron chi connectivity index (χ2n) is 8.47. The molecule has 14 heteroatoms. The number of hydrogen-bond donors (Lipinski definition) is 1. The lowest BCUT2D eigenvalue weighted by Gasteiger charge is -2.32. The maximum Gasteiger partial charge on any atom is 0.329 e. The molecule has 2 aromatic heterocycles. The molecule has 1 N–H and O–H groups in total. The summed E-state index contributed by atoms with van der Waals surface area (Å²) >= 11 is 6.38. The number of imide groups is 1. The maximum absolute atomic E-state index is 14.5. The summed E-state index contributed by atoms with van der Waals surface area (Å²) < 4.78 is 44.9. The van der Waals surface area contributed by atoms with E-state index in [9.17, 15) is 22.8 Å². The molecule has 37 heavy (non-hydrogen) atoms. The predicted octanol–water partition coefficient (Wildman–Crippen LogP) is 3.41. The number of urea groups is 1. The van der Waals surface area contributed by atoms with Crippen LogP contribution in [0, 0.1) is 23.4 Å². The average molecular weight is 531 g/mol. The van der Waals surface area contributed by atoms with Crippen molar-refractivity contribution in [2.24, 2.45) is 25.0 Å². The first kappa shape index (κ1) is 24.4. The molecule has 2 aromatic carbocycles. The standard InChI is InChI=1S/C23H18ClF3N8O2/c1-33-8-12-5-19(14(24)6-18(12)31-33)29-21-13(3-11-4-16(26)17(27)7-15(11)25)22(36)35(23(37)30-21)9-20-28-10-34(2)32-20/h4-8,10,13H,3,9H2,1-2H3,(H,29,30,37). The van der Waals surface area contributed by atoms with E-state index in [1.54, 1.807) is 37.1 Å². The number of amides is 3. The van der Waals surface area contributed by atoms with Gasteiger partial charge in [-0.2, -0.15) is 10.2 Å². The number of fused-ring (bicyclic) bond motifs is 1. The van der Waals surface area contributed by atoms with Crippen LogP contribution in [0.2, 0.25) is 5.02 Å². The molecule has 0 aliphatic carbocycles. The Bertz CT molecular complexity index is 1600. The van der Waals surface area contributed by atoms with Crippen molar-refractivity contribution >= 4 is 46.0 Å². The van der Waals surface area contributed by atoms with E-state index in [1.165, 1.54) is 11.0 Å². The SMILES string of the molecule is Cn1cnc(CN2C(=O)NC(=Nc3cc4cn(C)nc4cc3Cl)C(Cc3cc(F)c(F)cc3F)C2=O)n1. The second kappa shape index (κ2) is 9.32. The minimum atomic E-state index is -1.36. The van der Waals surface area contributed by atoms with E-state index in [0.29, 0.717) is 23.0 Å². The topological polar surface area (TPSA) is 110 Å². The molecule has 1 atom stereocenters. The molecule has 1 aliphatic rings. The largest absolute Gasteiger partial charge is 0.329 e. The summed E-state index contributed by atoms with van der Waals surface area (Å²) in [6, 6.07) is 3.46. The molecular formula is C23H18ClF3N8O2. The number of aromatic nitrogens is 5. The number of hydrogen-bond acceptors (Lipinski definition) is 6. The molecule has 5 rings (SSSR count). The van der Waals surface area contributed by atoms with Crippen molar-refractivity contribution in [3.8, 4) is 0 Å². The quantitative estimate of drug-likeness (QED) is 0.398. The van der Waals surface area contributed by atoms with E-state index in [2.05, 4.69) is 25.5 Å². The Hall–Kier alpha value is -4.26. The zero-order valence-corrected chi connectivity index (χ0v) is 20.2. The molecule has 190 valence electrons. The smallest absolute Gasteiger partial charge is 0.295 e. The zero-order chi connectivity index (χ0) is 26.4. The Labute approximate surface area is 212 Å². The van der Waals surface area contributed by atoms with Crippen LogP contribution < -0.4 is 5.32 Å². The van der Waals surface area contributed by atoms with Crippen LogP contribution in [-0.2, 0) is 31.9 Å². The van der Waals surface area contributed by atoms with Gasteiger partial charge < -0.3 is 0 Å². The van der Waals surface area contributed by atoms with Gasteiger partial charge in [0.2, 0.25) is 5.91 Å². The van der Waals surface area contributed by atoms with Crippen molar-refractivity contribution in [2.75, 3.05) is 0 Å². The molecule has 0 bridgehead atoms. The fraction of sp³-hybridized carbons (Fsp3) is 0.217. The van der Waals surface area contributed by atoms with Crippen LogP contribution in [0.5, 0.6) is 0 Å². The number of nitrogens with zero attached hydrogens (tertiary/aromatic N) is 7. The molecule has 0 saturated carbocycles. The lowest BCUT2D eigenvalue weighted by Crippen LogP contribution is -2.58. The van der Waals surface area contributed by atoms with E-state index < -0.39 is 41.7 Å². The number of carbonyl (C=O) groups is 2. The fourth-order valence-corrected chi connectivity index (χ4v) is 4.22. The first-order valence-electron chi connectivity index (χ1n) is 10.9. The highest BCUT2D eigenvalue weighted by Gasteiger charge is 2.40. The maximum atomic E-state index is 14.5. The number of rotatable bonds is 5. The van der Waals surface area contributed by atoms with Crippen molar-refractivity contribution in [1.82, 2.24) is 34.8 Å². The van der Waals surface area contributed by atoms with Gasteiger partial charge in [-0.3, -0.25) is 24.4 Å². The Morgan fingerprint density at radius 1 is 1.03 bits per heavy atom. The van der Waals surface area contributed by atoms with Crippen molar-refractivity contribution in [3.05, 3.63) is 70.7 Å². The van der Waals surface area contributed by atoms with Crippen LogP contribution in [-0.4, -0.2) is 47.2 Å². The second-order valence-corrected chi connectivity index (χ2v) is 8.87. The van der Waals surface area contributed by atoms with E-state index in [-0.39, 0.29) is 34.5 Å². The van der Waals surface area contributed by atoms with Crippen molar-refractivity contribution < 1.29 is 22.8 Å². The van der Waals surface area contributed by atoms with Gasteiger partial charge in [0.25, 0.3) is 0 Å². The van der Waals surface area contributed by atoms with Crippen LogP contribution in [0.15, 0.2) is 41.8 Å². The minimum Gasteiger partial charge on any atom is -0.295 e. The molecule has 0 radical (unpaired) electrons. The summed E-state index contributed by atoms with van der Waals surface area (Å²) in [5.41, 5.74) is 0.557. The molecule has 1 fully saturated rings. The number of amidine groups is 1. The summed E-state index contributed by atoms with van der Waals surface area (Å²) in [7, 11) is 3.35. The first-order chi connectivity index (χ1) is 17.6. The Kier molecular flexibility index (Phi) is 6.15. The highest BCUT2D eigenvalue weighted by molar-refractivity contribution is 6.34. The van der Waals surface area contributed by atoms with Crippen molar-refractivity contribution in [3.63, 3.8) is 0 Å². The van der Waals surface area contributed by atoms with Gasteiger partial charge in [0.05, 0.1) is 22.8 Å². The van der Waals surface area contributed by atoms with Crippen molar-refractivity contribution in [1.29, 1.82) is 0 Å². The average Bonchev–Trinajstić information content (AvgIpc) is 3.40. The molecule has 1 saturated heterocycles. The monoisotopic (exact) mass is 530 g/mol. The van der Waals surface area contributed by atoms with E-state index in [4.69, 9.17) is 11.6 Å². The van der Waals surface area contributed by atoms with Gasteiger partial charge in [-0.25, -0.2) is 27.9 Å². The molecule has 10 nitrogen and oxygen atoms in total. The van der Waals surface area contributed by atoms with Crippen molar-refractivity contribution in [2.45, 2.75) is 13.0 Å². The third-order valence-corrected chi connectivity index (χ3v) is 6.07. The highest BCUT2D eigenvalue weighted by atomic mass is 35.5. The van der Waals surface area contributed by atoms with Crippen LogP contribution in [0.1, 0.15) is 11.4 Å². The molecule has 3 heterocycles. The van der Waals surface area contributed by atoms with E-state index in [0.717, 1.165) is 4.90 Å². The number of aryl methyl sites for hydroxylation is 2. The van der Waals surface area contributed by atoms with Gasteiger partial charge in [0, 0.05) is 31.7 Å². The molecule has 1 aliphatic heterocycles. The fourth-order valence-electron chi connectivity index (χ4n) is 4.02. The van der Waals surface area contributed by atoms with E-state index in [1.807, 2.05) is 0 Å². The summed E-state index contributed by atoms with van der Waals surface area (Å²) in [5.74, 6) is -5.64. The Morgan fingerprint density at radius 3 is 2.51 bits per heavy atom. The highest BCUT2D eigenvalue weighted by Crippen LogP contribution is 2.31. The lowest BCUT2D eigenvalue weighted by atomic mass is 9.94. The van der Waals surface area contributed by atoms with E-state index >= 15 is 0 Å². The van der Waals surface area contributed by atoms with Crippen LogP contribution >= 0.6 is 11.6 Å². The van der Waals surface area contributed by atoms with Gasteiger partial charge in [-0.15, -0.1) is 0 Å². The minimum absolute atomic E-state index is 0.130. The summed E-state index contributed by atoms with van der Waals surface area (Å²) in [5, 5.41) is 11.8. The Balaban J connectivity index is 1.56. The molecule has 1 unspecified atom stereocenters. The van der Waals surface area contributed by atoms with Crippen LogP contribution in [0.3, 0.4) is 0 Å². The van der Waals surface area contributed by atoms with Gasteiger partial charge in [0.15, 0.2) is 17.5 Å². The summed E-state index contributed by atoms with van der Waals surface area (Å²) in [4.78, 5) is 35.7. The predicted molar refractivity (Wildman–Crippen MR) is 126 cm³/mol. The first-order valence-corrected chi connectivity index (χ1v) is 11.3. The molecule has 0 spiro atoms. The summed E-state index contributed by atoms with van der Waals surface area (Å²) in [6.07, 6.45) is 2.72. The molecule has 4 aromatic rings. The van der Waals surface area contributed by atoms with Crippen LogP contribution in [0.25, 0.3) is 10.9 Å². The van der Waals surface area contributed by atoms with Crippen LogP contribution in [0.4, 0.5) is 23.7 Å². The number of aliphatic imine (C=N–C) groups is 1. The Morgan fingerprint density at radius 2 is 1.78 bits per heavy atom. The number of halogens is 4. The number of benzene rings is 2. The van der Waals surface area contributed by atoms with Gasteiger partial charge in [0.1, 0.15) is 23.9 Å². The zero-order valence-electron chi connectivity index (χ0n) is 19.4.